The van der Waals surface area contributed by atoms with Gasteiger partial charge in [-0.1, -0.05) is 20.8 Å². The smallest absolute Gasteiger partial charge is 0.192 e. The van der Waals surface area contributed by atoms with E-state index in [0.29, 0.717) is 6.42 Å². The average molecular weight is 326 g/mol. The number of aryl methyl sites for hydroxylation is 1. The van der Waals surface area contributed by atoms with Crippen molar-refractivity contribution < 1.29 is 9.22 Å². The fraction of sp³-hybridized carbons (Fsp3) is 0.625. The van der Waals surface area contributed by atoms with Gasteiger partial charge in [0.05, 0.1) is 16.8 Å². The van der Waals surface area contributed by atoms with E-state index in [-0.39, 0.29) is 11.1 Å². The number of carbonyl (C=O) groups excluding carboxylic acids is 1. The Labute approximate surface area is 133 Å². The van der Waals surface area contributed by atoms with Crippen molar-refractivity contribution in [1.82, 2.24) is 4.98 Å². The number of nitrogens with zero attached hydrogens (tertiary/aromatic N) is 1. The third-order valence-corrected chi connectivity index (χ3v) is 9.35. The van der Waals surface area contributed by atoms with Gasteiger partial charge in [0.2, 0.25) is 0 Å². The molecular formula is C16H27NO2SSi. The Morgan fingerprint density at radius 2 is 2.10 bits per heavy atom. The van der Waals surface area contributed by atoms with Crippen LogP contribution in [0.5, 0.6) is 0 Å². The Bertz CT molecular complexity index is 515. The minimum Gasteiger partial charge on any atom is -0.410 e. The first-order valence-electron chi connectivity index (χ1n) is 7.28. The van der Waals surface area contributed by atoms with Crippen molar-refractivity contribution in [2.24, 2.45) is 0 Å². The highest BCUT2D eigenvalue weighted by molar-refractivity contribution is 7.09. The maximum atomic E-state index is 11.0. The Morgan fingerprint density at radius 1 is 1.48 bits per heavy atom. The largest absolute Gasteiger partial charge is 0.410 e. The Balaban J connectivity index is 2.96. The molecule has 3 nitrogen and oxygen atoms in total. The van der Waals surface area contributed by atoms with Gasteiger partial charge in [-0.3, -0.25) is 0 Å². The zero-order chi connectivity index (χ0) is 16.3. The summed E-state index contributed by atoms with van der Waals surface area (Å²) >= 11 is 1.63. The van der Waals surface area contributed by atoms with E-state index in [1.54, 1.807) is 11.3 Å². The lowest BCUT2D eigenvalue weighted by molar-refractivity contribution is -0.109. The van der Waals surface area contributed by atoms with Gasteiger partial charge < -0.3 is 9.22 Å². The van der Waals surface area contributed by atoms with E-state index in [4.69, 9.17) is 4.43 Å². The van der Waals surface area contributed by atoms with E-state index >= 15 is 0 Å². The summed E-state index contributed by atoms with van der Waals surface area (Å²) in [6, 6.07) is 0. The number of thiazole rings is 1. The van der Waals surface area contributed by atoms with E-state index in [2.05, 4.69) is 38.8 Å². The number of aldehydes is 1. The van der Waals surface area contributed by atoms with Crippen molar-refractivity contribution in [3.63, 3.8) is 0 Å². The van der Waals surface area contributed by atoms with Gasteiger partial charge in [0, 0.05) is 11.8 Å². The predicted octanol–water partition coefficient (Wildman–Crippen LogP) is 4.83. The molecule has 0 bridgehead atoms. The van der Waals surface area contributed by atoms with Gasteiger partial charge in [0.25, 0.3) is 0 Å². The maximum Gasteiger partial charge on any atom is 0.192 e. The van der Waals surface area contributed by atoms with Crippen LogP contribution in [0.3, 0.4) is 0 Å². The molecule has 1 aromatic rings. The Morgan fingerprint density at radius 3 is 2.52 bits per heavy atom. The first-order valence-corrected chi connectivity index (χ1v) is 11.1. The molecule has 0 saturated heterocycles. The van der Waals surface area contributed by atoms with E-state index in [9.17, 15) is 4.79 Å². The number of rotatable bonds is 6. The predicted molar refractivity (Wildman–Crippen MR) is 93.3 cm³/mol. The minimum atomic E-state index is -1.90. The summed E-state index contributed by atoms with van der Waals surface area (Å²) in [4.78, 5) is 15.5. The van der Waals surface area contributed by atoms with E-state index < -0.39 is 8.32 Å². The Kier molecular flexibility index (Phi) is 6.08. The van der Waals surface area contributed by atoms with Crippen LogP contribution in [0.4, 0.5) is 0 Å². The lowest BCUT2D eigenvalue weighted by Gasteiger charge is -2.39. The molecule has 1 aromatic heterocycles. The molecule has 0 aliphatic carbocycles. The molecule has 0 spiro atoms. The standard InChI is InChI=1S/C16H27NO2SSi/c1-12(10-14-11-20-13(2)17-14)15(8-9-18)19-21(6,7)16(3,4)5/h9-11,15H,8H2,1-7H3/t15-/m0/s1. The van der Waals surface area contributed by atoms with Crippen molar-refractivity contribution in [3.8, 4) is 0 Å². The minimum absolute atomic E-state index is 0.131. The molecule has 1 heterocycles. The molecule has 0 fully saturated rings. The summed E-state index contributed by atoms with van der Waals surface area (Å²) in [6.45, 7) is 15.1. The zero-order valence-electron chi connectivity index (χ0n) is 14.2. The van der Waals surface area contributed by atoms with Crippen LogP contribution in [0.1, 0.15) is 44.8 Å². The van der Waals surface area contributed by atoms with Gasteiger partial charge in [-0.15, -0.1) is 11.3 Å². The highest BCUT2D eigenvalue weighted by Gasteiger charge is 2.39. The van der Waals surface area contributed by atoms with Crippen LogP contribution in [-0.2, 0) is 9.22 Å². The quantitative estimate of drug-likeness (QED) is 0.555. The second-order valence-corrected chi connectivity index (χ2v) is 12.8. The summed E-state index contributed by atoms with van der Waals surface area (Å²) in [5.74, 6) is 0. The van der Waals surface area contributed by atoms with Crippen LogP contribution < -0.4 is 0 Å². The first-order chi connectivity index (χ1) is 9.56. The van der Waals surface area contributed by atoms with Crippen molar-refractivity contribution in [1.29, 1.82) is 0 Å². The van der Waals surface area contributed by atoms with Crippen LogP contribution in [0.15, 0.2) is 11.0 Å². The fourth-order valence-electron chi connectivity index (χ4n) is 1.72. The fourth-order valence-corrected chi connectivity index (χ4v) is 3.64. The van der Waals surface area contributed by atoms with Gasteiger partial charge in [-0.05, 0) is 43.6 Å². The zero-order valence-corrected chi connectivity index (χ0v) is 16.0. The lowest BCUT2D eigenvalue weighted by atomic mass is 10.1. The third-order valence-electron chi connectivity index (χ3n) is 4.07. The number of aromatic nitrogens is 1. The van der Waals surface area contributed by atoms with Gasteiger partial charge in [-0.2, -0.15) is 0 Å². The van der Waals surface area contributed by atoms with E-state index in [1.165, 1.54) is 0 Å². The number of carbonyl (C=O) groups is 1. The topological polar surface area (TPSA) is 39.2 Å². The molecule has 0 N–H and O–H groups in total. The second kappa shape index (κ2) is 6.98. The molecule has 0 amide bonds. The molecule has 1 rings (SSSR count). The van der Waals surface area contributed by atoms with Gasteiger partial charge in [-0.25, -0.2) is 4.98 Å². The van der Waals surface area contributed by atoms with Crippen molar-refractivity contribution >= 4 is 32.0 Å². The third kappa shape index (κ3) is 5.16. The number of hydrogen-bond acceptors (Lipinski definition) is 4. The highest BCUT2D eigenvalue weighted by Crippen LogP contribution is 2.38. The van der Waals surface area contributed by atoms with Gasteiger partial charge in [0.15, 0.2) is 8.32 Å². The maximum absolute atomic E-state index is 11.0. The van der Waals surface area contributed by atoms with Crippen LogP contribution in [0.25, 0.3) is 6.08 Å². The number of hydrogen-bond donors (Lipinski definition) is 0. The molecule has 0 aromatic carbocycles. The molecule has 0 unspecified atom stereocenters. The molecule has 118 valence electrons. The van der Waals surface area contributed by atoms with Crippen molar-refractivity contribution in [2.75, 3.05) is 0 Å². The SMILES string of the molecule is CC(=Cc1csc(C)n1)[C@H](CC=O)O[Si](C)(C)C(C)(C)C. The van der Waals surface area contributed by atoms with Gasteiger partial charge in [0.1, 0.15) is 6.29 Å². The molecular weight excluding hydrogens is 298 g/mol. The molecule has 5 heteroatoms. The molecule has 0 aliphatic rings. The normalized spacial score (nSPS) is 15.1. The molecule has 1 atom stereocenters. The van der Waals surface area contributed by atoms with Crippen LogP contribution in [0.2, 0.25) is 18.1 Å². The second-order valence-electron chi connectivity index (χ2n) is 6.95. The van der Waals surface area contributed by atoms with Crippen molar-refractivity contribution in [3.05, 3.63) is 21.7 Å². The van der Waals surface area contributed by atoms with E-state index in [0.717, 1.165) is 22.6 Å². The van der Waals surface area contributed by atoms with Crippen molar-refractivity contribution in [2.45, 2.75) is 65.3 Å². The summed E-state index contributed by atoms with van der Waals surface area (Å²) in [7, 11) is -1.90. The molecule has 21 heavy (non-hydrogen) atoms. The van der Waals surface area contributed by atoms with Crippen LogP contribution in [0, 0.1) is 6.92 Å². The van der Waals surface area contributed by atoms with Crippen LogP contribution in [-0.4, -0.2) is 25.7 Å². The summed E-state index contributed by atoms with van der Waals surface area (Å²) in [5, 5.41) is 3.21. The first kappa shape index (κ1) is 18.3. The van der Waals surface area contributed by atoms with Crippen LogP contribution >= 0.6 is 11.3 Å². The summed E-state index contributed by atoms with van der Waals surface area (Å²) in [5.41, 5.74) is 2.02. The average Bonchev–Trinajstić information content (AvgIpc) is 2.72. The highest BCUT2D eigenvalue weighted by atomic mass is 32.1. The lowest BCUT2D eigenvalue weighted by Crippen LogP contribution is -2.44. The molecule has 0 saturated carbocycles. The van der Waals surface area contributed by atoms with Gasteiger partial charge >= 0.3 is 0 Å². The molecule has 0 radical (unpaired) electrons. The monoisotopic (exact) mass is 325 g/mol. The summed E-state index contributed by atoms with van der Waals surface area (Å²) < 4.78 is 6.40. The van der Waals surface area contributed by atoms with E-state index in [1.807, 2.05) is 25.3 Å². The summed E-state index contributed by atoms with van der Waals surface area (Å²) in [6.07, 6.45) is 3.23. The molecule has 0 aliphatic heterocycles. The Hall–Kier alpha value is -0.783.